The zero-order chi connectivity index (χ0) is 20.0. The van der Waals surface area contributed by atoms with E-state index in [9.17, 15) is 27.6 Å². The highest BCUT2D eigenvalue weighted by Gasteiger charge is 2.31. The monoisotopic (exact) mass is 379 g/mol. The van der Waals surface area contributed by atoms with E-state index in [1.165, 1.54) is 24.3 Å². The van der Waals surface area contributed by atoms with Crippen LogP contribution >= 0.6 is 0 Å². The van der Waals surface area contributed by atoms with Crippen molar-refractivity contribution in [3.63, 3.8) is 0 Å². The van der Waals surface area contributed by atoms with Crippen molar-refractivity contribution in [2.24, 2.45) is 0 Å². The first-order chi connectivity index (χ1) is 12.7. The van der Waals surface area contributed by atoms with Crippen LogP contribution in [0.4, 0.5) is 18.0 Å². The number of carbonyl (C=O) groups is 2. The van der Waals surface area contributed by atoms with Gasteiger partial charge < -0.3 is 9.88 Å². The Morgan fingerprint density at radius 3 is 2.59 bits per heavy atom. The molecule has 0 aliphatic carbocycles. The van der Waals surface area contributed by atoms with Crippen molar-refractivity contribution in [3.05, 3.63) is 82.3 Å². The van der Waals surface area contributed by atoms with Crippen molar-refractivity contribution in [1.29, 1.82) is 0 Å². The van der Waals surface area contributed by atoms with Crippen LogP contribution in [0.3, 0.4) is 0 Å². The molecule has 0 unspecified atom stereocenters. The molecule has 0 atom stereocenters. The van der Waals surface area contributed by atoms with Crippen LogP contribution < -0.4 is 16.2 Å². The topological polar surface area (TPSA) is 80.2 Å². The van der Waals surface area contributed by atoms with Crippen molar-refractivity contribution in [1.82, 2.24) is 15.2 Å². The molecule has 1 aromatic carbocycles. The lowest BCUT2D eigenvalue weighted by Crippen LogP contribution is -2.39. The van der Waals surface area contributed by atoms with Gasteiger partial charge in [-0.25, -0.2) is 4.79 Å². The first-order valence-corrected chi connectivity index (χ1v) is 7.77. The van der Waals surface area contributed by atoms with Crippen LogP contribution in [0.15, 0.2) is 60.0 Å². The fraction of sp³-hybridized carbons (Fsp3) is 0.167. The minimum absolute atomic E-state index is 0.126. The third-order valence-electron chi connectivity index (χ3n) is 3.49. The van der Waals surface area contributed by atoms with E-state index in [4.69, 9.17) is 0 Å². The molecule has 2 N–H and O–H groups in total. The second kappa shape index (κ2) is 8.35. The summed E-state index contributed by atoms with van der Waals surface area (Å²) in [4.78, 5) is 35.4. The highest BCUT2D eigenvalue weighted by atomic mass is 19.4. The zero-order valence-corrected chi connectivity index (χ0v) is 14.0. The molecule has 0 bridgehead atoms. The summed E-state index contributed by atoms with van der Waals surface area (Å²) in [5.41, 5.74) is -1.01. The summed E-state index contributed by atoms with van der Waals surface area (Å²) >= 11 is 0. The molecule has 2 rings (SSSR count). The van der Waals surface area contributed by atoms with E-state index in [0.29, 0.717) is 11.6 Å². The highest BCUT2D eigenvalue weighted by Crippen LogP contribution is 2.28. The van der Waals surface area contributed by atoms with E-state index in [0.717, 1.165) is 16.8 Å². The molecular weight excluding hydrogens is 363 g/mol. The van der Waals surface area contributed by atoms with E-state index < -0.39 is 29.2 Å². The molecule has 0 aliphatic heterocycles. The zero-order valence-electron chi connectivity index (χ0n) is 14.0. The van der Waals surface area contributed by atoms with Gasteiger partial charge in [-0.2, -0.15) is 13.2 Å². The van der Waals surface area contributed by atoms with Gasteiger partial charge in [0.15, 0.2) is 0 Å². The van der Waals surface area contributed by atoms with E-state index in [1.54, 1.807) is 6.07 Å². The summed E-state index contributed by atoms with van der Waals surface area (Å²) in [6.07, 6.45) is -2.41. The lowest BCUT2D eigenvalue weighted by molar-refractivity contribution is -0.138. The van der Waals surface area contributed by atoms with Crippen LogP contribution in [-0.4, -0.2) is 23.1 Å². The molecule has 3 amide bonds. The molecule has 2 aromatic rings. The van der Waals surface area contributed by atoms with Gasteiger partial charge in [0.1, 0.15) is 0 Å². The maximum atomic E-state index is 12.8. The molecule has 0 saturated carbocycles. The number of alkyl halides is 3. The Morgan fingerprint density at radius 2 is 1.93 bits per heavy atom. The number of hydrogen-bond donors (Lipinski definition) is 2. The summed E-state index contributed by atoms with van der Waals surface area (Å²) < 4.78 is 39.3. The quantitative estimate of drug-likeness (QED) is 0.784. The number of benzene rings is 1. The third-order valence-corrected chi connectivity index (χ3v) is 3.49. The van der Waals surface area contributed by atoms with Gasteiger partial charge in [-0.3, -0.25) is 14.9 Å². The van der Waals surface area contributed by atoms with Crippen LogP contribution in [0.2, 0.25) is 0 Å². The lowest BCUT2D eigenvalue weighted by atomic mass is 10.1. The number of carbonyl (C=O) groups excluding carboxylic acids is 2. The Bertz CT molecular complexity index is 920. The van der Waals surface area contributed by atoms with Gasteiger partial charge in [0.2, 0.25) is 0 Å². The third kappa shape index (κ3) is 5.56. The summed E-state index contributed by atoms with van der Waals surface area (Å²) in [6, 6.07) is 6.73. The second-order valence-corrected chi connectivity index (χ2v) is 5.53. The van der Waals surface area contributed by atoms with E-state index in [-0.39, 0.29) is 18.7 Å². The summed E-state index contributed by atoms with van der Waals surface area (Å²) in [7, 11) is 0. The largest absolute Gasteiger partial charge is 0.417 e. The highest BCUT2D eigenvalue weighted by molar-refractivity contribution is 6.04. The van der Waals surface area contributed by atoms with Crippen molar-refractivity contribution in [3.8, 4) is 0 Å². The molecule has 27 heavy (non-hydrogen) atoms. The van der Waals surface area contributed by atoms with E-state index in [1.807, 2.05) is 0 Å². The summed E-state index contributed by atoms with van der Waals surface area (Å²) in [6.45, 7) is 3.44. The average molecular weight is 379 g/mol. The van der Waals surface area contributed by atoms with Crippen LogP contribution in [0.5, 0.6) is 0 Å². The standard InChI is InChI=1S/C18H16F3N3O3/c1-2-8-22-17(27)23-16(26)13-5-3-4-12(9-13)10-24-11-14(18(19,20)21)6-7-15(24)25/h2-7,9,11H,1,8,10H2,(H2,22,23,26,27). The number of amides is 3. The van der Waals surface area contributed by atoms with Gasteiger partial charge >= 0.3 is 12.2 Å². The number of nitrogens with one attached hydrogen (secondary N) is 2. The smallest absolute Gasteiger partial charge is 0.334 e. The molecule has 142 valence electrons. The van der Waals surface area contributed by atoms with Crippen LogP contribution in [0, 0.1) is 0 Å². The molecule has 0 spiro atoms. The molecule has 0 fully saturated rings. The number of halogens is 3. The molecule has 6 nitrogen and oxygen atoms in total. The number of nitrogens with zero attached hydrogens (tertiary/aromatic N) is 1. The Balaban J connectivity index is 2.19. The van der Waals surface area contributed by atoms with Gasteiger partial charge in [0, 0.05) is 24.4 Å². The van der Waals surface area contributed by atoms with Gasteiger partial charge in [0.05, 0.1) is 12.1 Å². The van der Waals surface area contributed by atoms with Crippen molar-refractivity contribution < 1.29 is 22.8 Å². The van der Waals surface area contributed by atoms with Gasteiger partial charge in [-0.05, 0) is 23.8 Å². The van der Waals surface area contributed by atoms with E-state index >= 15 is 0 Å². The van der Waals surface area contributed by atoms with Crippen LogP contribution in [-0.2, 0) is 12.7 Å². The fourth-order valence-corrected chi connectivity index (χ4v) is 2.21. The van der Waals surface area contributed by atoms with Crippen molar-refractivity contribution in [2.45, 2.75) is 12.7 Å². The van der Waals surface area contributed by atoms with Gasteiger partial charge in [0.25, 0.3) is 11.5 Å². The molecule has 1 aromatic heterocycles. The maximum absolute atomic E-state index is 12.8. The number of rotatable bonds is 5. The average Bonchev–Trinajstić information content (AvgIpc) is 2.61. The molecule has 9 heteroatoms. The summed E-state index contributed by atoms with van der Waals surface area (Å²) in [5.74, 6) is -0.685. The number of urea groups is 1. The SMILES string of the molecule is C=CCNC(=O)NC(=O)c1cccc(Cn2cc(C(F)(F)F)ccc2=O)c1. The summed E-state index contributed by atoms with van der Waals surface area (Å²) in [5, 5.41) is 4.48. The number of pyridine rings is 1. The Labute approximate surface area is 152 Å². The Morgan fingerprint density at radius 1 is 1.19 bits per heavy atom. The molecule has 1 heterocycles. The first-order valence-electron chi connectivity index (χ1n) is 7.77. The van der Waals surface area contributed by atoms with Crippen LogP contribution in [0.1, 0.15) is 21.5 Å². The predicted octanol–water partition coefficient (Wildman–Crippen LogP) is 2.54. The molecule has 0 saturated heterocycles. The predicted molar refractivity (Wildman–Crippen MR) is 92.3 cm³/mol. The Kier molecular flexibility index (Phi) is 6.17. The van der Waals surface area contributed by atoms with Crippen LogP contribution in [0.25, 0.3) is 0 Å². The molecular formula is C18H16F3N3O3. The van der Waals surface area contributed by atoms with Crippen molar-refractivity contribution >= 4 is 11.9 Å². The first kappa shape index (κ1) is 20.0. The Hall–Kier alpha value is -3.36. The van der Waals surface area contributed by atoms with Gasteiger partial charge in [-0.1, -0.05) is 18.2 Å². The molecule has 0 aliphatic rings. The molecule has 0 radical (unpaired) electrons. The fourth-order valence-electron chi connectivity index (χ4n) is 2.21. The number of aromatic nitrogens is 1. The number of imide groups is 1. The second-order valence-electron chi connectivity index (χ2n) is 5.53. The van der Waals surface area contributed by atoms with Gasteiger partial charge in [-0.15, -0.1) is 6.58 Å². The lowest BCUT2D eigenvalue weighted by Gasteiger charge is -2.11. The normalized spacial score (nSPS) is 10.9. The van der Waals surface area contributed by atoms with E-state index in [2.05, 4.69) is 17.2 Å². The van der Waals surface area contributed by atoms with Crippen molar-refractivity contribution in [2.75, 3.05) is 6.54 Å². The maximum Gasteiger partial charge on any atom is 0.417 e. The minimum Gasteiger partial charge on any atom is -0.334 e. The minimum atomic E-state index is -4.57. The number of hydrogen-bond acceptors (Lipinski definition) is 3.